The second-order valence-electron chi connectivity index (χ2n) is 7.34. The van der Waals surface area contributed by atoms with Crippen molar-refractivity contribution in [3.05, 3.63) is 59.2 Å². The molecule has 0 aromatic heterocycles. The maximum Gasteiger partial charge on any atom is 0.246 e. The van der Waals surface area contributed by atoms with E-state index in [-0.39, 0.29) is 36.4 Å². The lowest BCUT2D eigenvalue weighted by atomic mass is 10.1. The Balaban J connectivity index is 0.00000341. The van der Waals surface area contributed by atoms with E-state index in [1.54, 1.807) is 24.0 Å². The molecule has 0 saturated carbocycles. The lowest BCUT2D eigenvalue weighted by Crippen LogP contribution is -2.44. The minimum Gasteiger partial charge on any atom is -0.357 e. The number of fused-ring (bicyclic) bond motifs is 1. The number of halogens is 1. The molecular weight excluding hydrogens is 527 g/mol. The van der Waals surface area contributed by atoms with Gasteiger partial charge >= 0.3 is 0 Å². The van der Waals surface area contributed by atoms with Crippen LogP contribution in [0.4, 0.5) is 5.69 Å². The molecule has 9 heteroatoms. The van der Waals surface area contributed by atoms with Crippen LogP contribution in [0, 0.1) is 6.92 Å². The Hall–Kier alpha value is -2.14. The van der Waals surface area contributed by atoms with Gasteiger partial charge in [-0.1, -0.05) is 30.3 Å². The number of hydrogen-bond acceptors (Lipinski definition) is 4. The largest absolute Gasteiger partial charge is 0.357 e. The normalized spacial score (nSPS) is 13.4. The molecule has 0 unspecified atom stereocenters. The van der Waals surface area contributed by atoms with Crippen LogP contribution in [0.3, 0.4) is 0 Å². The van der Waals surface area contributed by atoms with E-state index in [1.165, 1.54) is 11.8 Å². The zero-order valence-corrected chi connectivity index (χ0v) is 21.2. The minimum absolute atomic E-state index is 0. The predicted octanol–water partition coefficient (Wildman–Crippen LogP) is 2.66. The number of aryl methyl sites for hydroxylation is 1. The number of anilines is 1. The number of nitrogens with zero attached hydrogens (tertiary/aromatic N) is 2. The molecule has 0 radical (unpaired) electrons. The van der Waals surface area contributed by atoms with Crippen molar-refractivity contribution in [2.24, 2.45) is 4.99 Å². The van der Waals surface area contributed by atoms with Crippen LogP contribution in [0.1, 0.15) is 23.6 Å². The van der Waals surface area contributed by atoms with Gasteiger partial charge in [-0.05, 0) is 49.1 Å². The molecule has 7 nitrogen and oxygen atoms in total. The number of guanidine groups is 1. The minimum atomic E-state index is -3.24. The molecule has 2 aromatic rings. The first-order valence-electron chi connectivity index (χ1n) is 9.99. The Morgan fingerprint density at radius 1 is 1.16 bits per heavy atom. The zero-order valence-electron chi connectivity index (χ0n) is 18.0. The molecule has 0 bridgehead atoms. The van der Waals surface area contributed by atoms with Crippen molar-refractivity contribution in [1.29, 1.82) is 0 Å². The number of rotatable bonds is 6. The highest BCUT2D eigenvalue weighted by Crippen LogP contribution is 2.27. The molecule has 168 valence electrons. The van der Waals surface area contributed by atoms with Gasteiger partial charge in [-0.2, -0.15) is 0 Å². The van der Waals surface area contributed by atoms with E-state index in [2.05, 4.69) is 21.7 Å². The van der Waals surface area contributed by atoms with Crippen molar-refractivity contribution in [1.82, 2.24) is 10.6 Å². The van der Waals surface area contributed by atoms with Gasteiger partial charge in [-0.25, -0.2) is 13.4 Å². The van der Waals surface area contributed by atoms with E-state index >= 15 is 0 Å². The number of carbonyl (C=O) groups excluding carboxylic acids is 1. The summed E-state index contributed by atoms with van der Waals surface area (Å²) in [5, 5.41) is 6.24. The summed E-state index contributed by atoms with van der Waals surface area (Å²) >= 11 is 0. The number of hydrogen-bond donors (Lipinski definition) is 2. The van der Waals surface area contributed by atoms with Crippen molar-refractivity contribution in [3.8, 4) is 0 Å². The fourth-order valence-corrected chi connectivity index (χ4v) is 4.55. The van der Waals surface area contributed by atoms with Crippen LogP contribution in [0.25, 0.3) is 0 Å². The number of carbonyl (C=O) groups is 1. The molecule has 2 aromatic carbocycles. The summed E-state index contributed by atoms with van der Waals surface area (Å²) in [7, 11) is -3.24. The van der Waals surface area contributed by atoms with Gasteiger partial charge < -0.3 is 15.5 Å². The van der Waals surface area contributed by atoms with Crippen molar-refractivity contribution < 1.29 is 13.2 Å². The first-order chi connectivity index (χ1) is 14.3. The van der Waals surface area contributed by atoms with E-state index in [0.29, 0.717) is 36.1 Å². The average Bonchev–Trinajstić information content (AvgIpc) is 3.13. The summed E-state index contributed by atoms with van der Waals surface area (Å²) in [5.41, 5.74) is 3.77. The average molecular weight is 556 g/mol. The number of sulfone groups is 1. The number of aliphatic imine (C=N–C) groups is 1. The summed E-state index contributed by atoms with van der Waals surface area (Å²) in [4.78, 5) is 19.4. The number of nitrogens with one attached hydrogen (secondary N) is 2. The molecule has 0 spiro atoms. The van der Waals surface area contributed by atoms with Gasteiger partial charge in [0.1, 0.15) is 0 Å². The Morgan fingerprint density at radius 3 is 2.58 bits per heavy atom. The van der Waals surface area contributed by atoms with Crippen molar-refractivity contribution in [2.45, 2.75) is 31.7 Å². The molecule has 0 atom stereocenters. The van der Waals surface area contributed by atoms with Crippen LogP contribution in [0.15, 0.2) is 52.4 Å². The second-order valence-corrected chi connectivity index (χ2v) is 9.33. The molecular formula is C22H29IN4O3S. The molecule has 0 fully saturated rings. The van der Waals surface area contributed by atoms with Gasteiger partial charge in [0.25, 0.3) is 0 Å². The van der Waals surface area contributed by atoms with E-state index in [4.69, 9.17) is 0 Å². The first-order valence-corrected chi connectivity index (χ1v) is 11.9. The van der Waals surface area contributed by atoms with Gasteiger partial charge in [0.05, 0.1) is 18.0 Å². The van der Waals surface area contributed by atoms with E-state index in [0.717, 1.165) is 17.7 Å². The Labute approximate surface area is 201 Å². The highest BCUT2D eigenvalue weighted by Gasteiger charge is 2.23. The highest BCUT2D eigenvalue weighted by molar-refractivity contribution is 14.0. The third-order valence-corrected chi connectivity index (χ3v) is 6.26. The monoisotopic (exact) mass is 556 g/mol. The quantitative estimate of drug-likeness (QED) is 0.325. The summed E-state index contributed by atoms with van der Waals surface area (Å²) in [6, 6.07) is 13.2. The first kappa shape index (κ1) is 25.1. The number of amides is 1. The third kappa shape index (κ3) is 6.42. The number of para-hydroxylation sites is 1. The second kappa shape index (κ2) is 10.9. The maximum absolute atomic E-state index is 12.7. The zero-order chi connectivity index (χ0) is 21.7. The number of benzene rings is 2. The molecule has 1 heterocycles. The standard InChI is InChI=1S/C22H28N4O3S.HI/c1-4-23-22(24-14-17-9-10-20(16(2)13-17)30(3,28)29)25-15-21(27)26-12-11-18-7-5-6-8-19(18)26;/h5-10,13H,4,11-12,14-15H2,1-3H3,(H2,23,24,25);1H. The molecule has 31 heavy (non-hydrogen) atoms. The van der Waals surface area contributed by atoms with Gasteiger partial charge in [0, 0.05) is 25.0 Å². The third-order valence-electron chi connectivity index (χ3n) is 5.00. The van der Waals surface area contributed by atoms with Crippen LogP contribution < -0.4 is 15.5 Å². The molecule has 1 aliphatic heterocycles. The lowest BCUT2D eigenvalue weighted by molar-refractivity contribution is -0.117. The smallest absolute Gasteiger partial charge is 0.246 e. The molecule has 1 aliphatic rings. The maximum atomic E-state index is 12.7. The molecule has 1 amide bonds. The Bertz CT molecular complexity index is 1070. The topological polar surface area (TPSA) is 90.9 Å². The summed E-state index contributed by atoms with van der Waals surface area (Å²) in [6.45, 7) is 5.62. The molecule has 0 aliphatic carbocycles. The fourth-order valence-electron chi connectivity index (χ4n) is 3.59. The van der Waals surface area contributed by atoms with Crippen LogP contribution in [0.5, 0.6) is 0 Å². The van der Waals surface area contributed by atoms with Crippen LogP contribution in [0.2, 0.25) is 0 Å². The van der Waals surface area contributed by atoms with Crippen LogP contribution in [-0.2, 0) is 27.6 Å². The SMILES string of the molecule is CCNC(=NCc1ccc(S(C)(=O)=O)c(C)c1)NCC(=O)N1CCc2ccccc21.I. The molecule has 0 saturated heterocycles. The van der Waals surface area contributed by atoms with Crippen molar-refractivity contribution in [2.75, 3.05) is 30.8 Å². The summed E-state index contributed by atoms with van der Waals surface area (Å²) < 4.78 is 23.5. The van der Waals surface area contributed by atoms with Crippen molar-refractivity contribution in [3.63, 3.8) is 0 Å². The van der Waals surface area contributed by atoms with E-state index < -0.39 is 9.84 Å². The van der Waals surface area contributed by atoms with Crippen molar-refractivity contribution >= 4 is 51.4 Å². The van der Waals surface area contributed by atoms with Gasteiger partial charge in [0.2, 0.25) is 5.91 Å². The highest BCUT2D eigenvalue weighted by atomic mass is 127. The van der Waals surface area contributed by atoms with Crippen LogP contribution in [-0.4, -0.2) is 46.2 Å². The van der Waals surface area contributed by atoms with E-state index in [9.17, 15) is 13.2 Å². The van der Waals surface area contributed by atoms with Gasteiger partial charge in [-0.3, -0.25) is 4.79 Å². The van der Waals surface area contributed by atoms with Crippen LogP contribution >= 0.6 is 24.0 Å². The predicted molar refractivity (Wildman–Crippen MR) is 135 cm³/mol. The molecule has 3 rings (SSSR count). The fraction of sp³-hybridized carbons (Fsp3) is 0.364. The Kier molecular flexibility index (Phi) is 8.87. The molecule has 2 N–H and O–H groups in total. The van der Waals surface area contributed by atoms with Gasteiger partial charge in [-0.15, -0.1) is 24.0 Å². The lowest BCUT2D eigenvalue weighted by Gasteiger charge is -2.18. The van der Waals surface area contributed by atoms with E-state index in [1.807, 2.05) is 31.2 Å². The summed E-state index contributed by atoms with van der Waals surface area (Å²) in [5.74, 6) is 0.544. The Morgan fingerprint density at radius 2 is 1.90 bits per heavy atom. The van der Waals surface area contributed by atoms with Gasteiger partial charge in [0.15, 0.2) is 15.8 Å². The summed E-state index contributed by atoms with van der Waals surface area (Å²) in [6.07, 6.45) is 2.08.